The number of hydrogen-bond acceptors (Lipinski definition) is 4. The van der Waals surface area contributed by atoms with Crippen LogP contribution >= 0.6 is 0 Å². The third-order valence-electron chi connectivity index (χ3n) is 4.57. The molecule has 2 rings (SSSR count). The minimum Gasteiger partial charge on any atom is -0.445 e. The van der Waals surface area contributed by atoms with Crippen LogP contribution in [-0.2, 0) is 16.1 Å². The van der Waals surface area contributed by atoms with Gasteiger partial charge in [0.15, 0.2) is 0 Å². The molecular formula is C19H29N3O3. The number of rotatable bonds is 6. The maximum atomic E-state index is 12.2. The lowest BCUT2D eigenvalue weighted by molar-refractivity contribution is -0.123. The van der Waals surface area contributed by atoms with Crippen molar-refractivity contribution in [2.45, 2.75) is 39.3 Å². The maximum absolute atomic E-state index is 12.2. The molecule has 0 aliphatic carbocycles. The zero-order chi connectivity index (χ0) is 18.2. The lowest BCUT2D eigenvalue weighted by Crippen LogP contribution is -2.48. The Morgan fingerprint density at radius 1 is 1.32 bits per heavy atom. The summed E-state index contributed by atoms with van der Waals surface area (Å²) < 4.78 is 5.39. The van der Waals surface area contributed by atoms with E-state index in [-0.39, 0.29) is 30.4 Å². The van der Waals surface area contributed by atoms with E-state index in [0.717, 1.165) is 18.4 Å². The molecule has 6 heteroatoms. The first kappa shape index (κ1) is 19.2. The zero-order valence-corrected chi connectivity index (χ0v) is 15.1. The van der Waals surface area contributed by atoms with Gasteiger partial charge in [-0.05, 0) is 30.2 Å². The van der Waals surface area contributed by atoms with Crippen molar-refractivity contribution in [1.29, 1.82) is 0 Å². The highest BCUT2D eigenvalue weighted by Gasteiger charge is 2.26. The molecule has 1 saturated heterocycles. The number of carbonyl (C=O) groups excluding carboxylic acids is 2. The van der Waals surface area contributed by atoms with Crippen molar-refractivity contribution >= 4 is 12.0 Å². The van der Waals surface area contributed by atoms with E-state index in [1.165, 1.54) is 0 Å². The molecule has 0 aromatic heterocycles. The maximum Gasteiger partial charge on any atom is 0.410 e. The fourth-order valence-electron chi connectivity index (χ4n) is 2.87. The number of benzene rings is 1. The number of piperidine rings is 1. The highest BCUT2D eigenvalue weighted by molar-refractivity contribution is 5.81. The van der Waals surface area contributed by atoms with Gasteiger partial charge in [-0.2, -0.15) is 0 Å². The van der Waals surface area contributed by atoms with E-state index in [9.17, 15) is 9.59 Å². The number of carbonyl (C=O) groups is 2. The van der Waals surface area contributed by atoms with E-state index < -0.39 is 6.04 Å². The van der Waals surface area contributed by atoms with Crippen molar-refractivity contribution in [1.82, 2.24) is 10.2 Å². The number of amides is 2. The summed E-state index contributed by atoms with van der Waals surface area (Å²) in [4.78, 5) is 25.9. The van der Waals surface area contributed by atoms with E-state index >= 15 is 0 Å². The highest BCUT2D eigenvalue weighted by atomic mass is 16.6. The van der Waals surface area contributed by atoms with E-state index in [1.807, 2.05) is 44.2 Å². The highest BCUT2D eigenvalue weighted by Crippen LogP contribution is 2.17. The first-order valence-electron chi connectivity index (χ1n) is 8.96. The number of hydrogen-bond donors (Lipinski definition) is 2. The minimum absolute atomic E-state index is 0.107. The van der Waals surface area contributed by atoms with Crippen LogP contribution in [0.1, 0.15) is 32.3 Å². The summed E-state index contributed by atoms with van der Waals surface area (Å²) in [5.41, 5.74) is 6.82. The summed E-state index contributed by atoms with van der Waals surface area (Å²) in [7, 11) is 0. The lowest BCUT2D eigenvalue weighted by Gasteiger charge is -2.32. The predicted molar refractivity (Wildman–Crippen MR) is 96.7 cm³/mol. The van der Waals surface area contributed by atoms with Crippen LogP contribution in [0.2, 0.25) is 0 Å². The Hall–Kier alpha value is -2.08. The Bertz CT molecular complexity index is 562. The Kier molecular flexibility index (Phi) is 7.25. The minimum atomic E-state index is -0.490. The standard InChI is InChI=1S/C19H29N3O3/c1-14(2)17(20)18(23)21-11-16-9-6-10-22(12-16)19(24)25-13-15-7-4-3-5-8-15/h3-5,7-8,14,16-17H,6,9-13,20H2,1-2H3,(H,21,23)/t16?,17-/m0/s1. The molecule has 25 heavy (non-hydrogen) atoms. The normalized spacial score (nSPS) is 18.7. The van der Waals surface area contributed by atoms with Gasteiger partial charge in [0.05, 0.1) is 6.04 Å². The van der Waals surface area contributed by atoms with Gasteiger partial charge >= 0.3 is 6.09 Å². The van der Waals surface area contributed by atoms with Crippen LogP contribution in [0.25, 0.3) is 0 Å². The average Bonchev–Trinajstić information content (AvgIpc) is 2.64. The largest absolute Gasteiger partial charge is 0.445 e. The SMILES string of the molecule is CC(C)[C@H](N)C(=O)NCC1CCCN(C(=O)OCc2ccccc2)C1. The Balaban J connectivity index is 1.76. The second-order valence-corrected chi connectivity index (χ2v) is 7.01. The van der Waals surface area contributed by atoms with Gasteiger partial charge in [0.25, 0.3) is 0 Å². The molecule has 0 bridgehead atoms. The van der Waals surface area contributed by atoms with Crippen molar-refractivity contribution < 1.29 is 14.3 Å². The fraction of sp³-hybridized carbons (Fsp3) is 0.579. The quantitative estimate of drug-likeness (QED) is 0.826. The lowest BCUT2D eigenvalue weighted by atomic mass is 9.97. The molecule has 0 saturated carbocycles. The topological polar surface area (TPSA) is 84.7 Å². The molecule has 1 aliphatic rings. The molecule has 1 heterocycles. The average molecular weight is 347 g/mol. The van der Waals surface area contributed by atoms with Crippen molar-refractivity contribution in [3.05, 3.63) is 35.9 Å². The third-order valence-corrected chi connectivity index (χ3v) is 4.57. The van der Waals surface area contributed by atoms with Crippen molar-refractivity contribution in [3.8, 4) is 0 Å². The molecule has 6 nitrogen and oxygen atoms in total. The molecular weight excluding hydrogens is 318 g/mol. The number of ether oxygens (including phenoxy) is 1. The van der Waals surface area contributed by atoms with Gasteiger partial charge in [-0.25, -0.2) is 4.79 Å². The molecule has 2 amide bonds. The second-order valence-electron chi connectivity index (χ2n) is 7.01. The molecule has 3 N–H and O–H groups in total. The van der Waals surface area contributed by atoms with Crippen LogP contribution in [0.4, 0.5) is 4.79 Å². The molecule has 0 radical (unpaired) electrons. The second kappa shape index (κ2) is 9.42. The van der Waals surface area contributed by atoms with Gasteiger partial charge in [-0.15, -0.1) is 0 Å². The number of nitrogens with zero attached hydrogens (tertiary/aromatic N) is 1. The van der Waals surface area contributed by atoms with Gasteiger partial charge in [0.1, 0.15) is 6.61 Å². The Morgan fingerprint density at radius 2 is 2.04 bits per heavy atom. The van der Waals surface area contributed by atoms with Gasteiger partial charge in [0, 0.05) is 19.6 Å². The number of nitrogens with two attached hydrogens (primary N) is 1. The summed E-state index contributed by atoms with van der Waals surface area (Å²) in [6.07, 6.45) is 1.61. The monoisotopic (exact) mass is 347 g/mol. The summed E-state index contributed by atoms with van der Waals surface area (Å²) in [5, 5.41) is 2.91. The number of nitrogens with one attached hydrogen (secondary N) is 1. The fourth-order valence-corrected chi connectivity index (χ4v) is 2.87. The first-order chi connectivity index (χ1) is 12.0. The summed E-state index contributed by atoms with van der Waals surface area (Å²) >= 11 is 0. The summed E-state index contributed by atoms with van der Waals surface area (Å²) in [5.74, 6) is 0.218. The van der Waals surface area contributed by atoms with E-state index in [2.05, 4.69) is 5.32 Å². The van der Waals surface area contributed by atoms with Crippen LogP contribution < -0.4 is 11.1 Å². The molecule has 1 unspecified atom stereocenters. The van der Waals surface area contributed by atoms with Gasteiger partial charge < -0.3 is 20.7 Å². The van der Waals surface area contributed by atoms with E-state index in [1.54, 1.807) is 4.90 Å². The van der Waals surface area contributed by atoms with Crippen molar-refractivity contribution in [2.75, 3.05) is 19.6 Å². The van der Waals surface area contributed by atoms with Crippen LogP contribution in [0, 0.1) is 11.8 Å². The van der Waals surface area contributed by atoms with Crippen molar-refractivity contribution in [2.24, 2.45) is 17.6 Å². The molecule has 0 spiro atoms. The number of likely N-dealkylation sites (tertiary alicyclic amines) is 1. The van der Waals surface area contributed by atoms with Crippen molar-refractivity contribution in [3.63, 3.8) is 0 Å². The van der Waals surface area contributed by atoms with Crippen LogP contribution in [0.15, 0.2) is 30.3 Å². The summed E-state index contributed by atoms with van der Waals surface area (Å²) in [6.45, 7) is 5.97. The molecule has 2 atom stereocenters. The third kappa shape index (κ3) is 6.05. The molecule has 1 aliphatic heterocycles. The molecule has 1 fully saturated rings. The molecule has 1 aromatic carbocycles. The molecule has 1 aromatic rings. The van der Waals surface area contributed by atoms with E-state index in [4.69, 9.17) is 10.5 Å². The zero-order valence-electron chi connectivity index (χ0n) is 15.1. The summed E-state index contributed by atoms with van der Waals surface area (Å²) in [6, 6.07) is 9.14. The predicted octanol–water partition coefficient (Wildman–Crippen LogP) is 2.13. The smallest absolute Gasteiger partial charge is 0.410 e. The Labute approximate surface area is 149 Å². The van der Waals surface area contributed by atoms with Crippen LogP contribution in [0.5, 0.6) is 0 Å². The van der Waals surface area contributed by atoms with Gasteiger partial charge in [-0.1, -0.05) is 44.2 Å². The van der Waals surface area contributed by atoms with Crippen LogP contribution in [-0.4, -0.2) is 42.6 Å². The molecule has 138 valence electrons. The van der Waals surface area contributed by atoms with Gasteiger partial charge in [0.2, 0.25) is 5.91 Å². The Morgan fingerprint density at radius 3 is 2.72 bits per heavy atom. The van der Waals surface area contributed by atoms with Gasteiger partial charge in [-0.3, -0.25) is 4.79 Å². The van der Waals surface area contributed by atoms with E-state index in [0.29, 0.717) is 19.6 Å². The van der Waals surface area contributed by atoms with Crippen LogP contribution in [0.3, 0.4) is 0 Å². The first-order valence-corrected chi connectivity index (χ1v) is 8.96.